The molecule has 282 valence electrons. The average Bonchev–Trinajstić information content (AvgIpc) is 3.59. The molecule has 8 nitrogen and oxygen atoms in total. The van der Waals surface area contributed by atoms with E-state index in [0.717, 1.165) is 56.4 Å². The zero-order valence-electron chi connectivity index (χ0n) is 30.4. The summed E-state index contributed by atoms with van der Waals surface area (Å²) in [6.07, 6.45) is -0.152. The van der Waals surface area contributed by atoms with E-state index in [0.29, 0.717) is 0 Å². The zero-order valence-corrected chi connectivity index (χ0v) is 32.1. The molecule has 1 saturated heterocycles. The van der Waals surface area contributed by atoms with Crippen molar-refractivity contribution in [2.75, 3.05) is 6.61 Å². The van der Waals surface area contributed by atoms with Gasteiger partial charge in [0.1, 0.15) is 23.0 Å². The molecule has 0 spiro atoms. The molecule has 10 heteroatoms. The molecule has 0 bridgehead atoms. The van der Waals surface area contributed by atoms with Gasteiger partial charge in [-0.1, -0.05) is 133 Å². The number of aromatic amines is 1. The van der Waals surface area contributed by atoms with E-state index in [1.54, 1.807) is 23.5 Å². The minimum atomic E-state index is -0.907. The molecule has 0 saturated carbocycles. The highest BCUT2D eigenvalue weighted by atomic mass is 32.2. The standard InChI is InChI=1S/C47H36N2O6S2/c50-29-40-42(56-46(30-15-3-1-4-16-30)32-19-7-11-23-36(32)53-37-24-12-8-20-33(37)46)43(44(55-40)49-28-27-41(51)48-45(49)52)57-47(31-17-5-2-6-18-31)34-21-9-13-25-38(34)54-39-26-14-10-22-35(39)47/h1-28,40,42-44,50H,29H2,(H,48,51,52). The number of aliphatic hydroxyl groups excluding tert-OH is 1. The van der Waals surface area contributed by atoms with Crippen molar-refractivity contribution in [3.05, 3.63) is 224 Å². The van der Waals surface area contributed by atoms with Crippen molar-refractivity contribution in [2.24, 2.45) is 0 Å². The van der Waals surface area contributed by atoms with Gasteiger partial charge in [-0.05, 0) is 35.4 Å². The quantitative estimate of drug-likeness (QED) is 0.158. The molecule has 0 radical (unpaired) electrons. The summed E-state index contributed by atoms with van der Waals surface area (Å²) in [7, 11) is 0. The van der Waals surface area contributed by atoms with Crippen LogP contribution in [0, 0.1) is 0 Å². The van der Waals surface area contributed by atoms with E-state index in [4.69, 9.17) is 14.2 Å². The summed E-state index contributed by atoms with van der Waals surface area (Å²) in [4.78, 5) is 28.7. The van der Waals surface area contributed by atoms with Crippen LogP contribution in [0.2, 0.25) is 0 Å². The number of H-pyrrole nitrogens is 1. The topological polar surface area (TPSA) is 103 Å². The van der Waals surface area contributed by atoms with Crippen molar-refractivity contribution in [1.82, 2.24) is 9.55 Å². The number of fused-ring (bicyclic) bond motifs is 4. The van der Waals surface area contributed by atoms with Crippen molar-refractivity contribution in [2.45, 2.75) is 32.3 Å². The molecule has 7 aromatic rings. The van der Waals surface area contributed by atoms with E-state index in [9.17, 15) is 14.7 Å². The Morgan fingerprint density at radius 2 is 0.947 bits per heavy atom. The lowest BCUT2D eigenvalue weighted by Gasteiger charge is -2.45. The average molecular weight is 789 g/mol. The summed E-state index contributed by atoms with van der Waals surface area (Å²) < 4.78 is 19.9. The number of nitrogens with zero attached hydrogens (tertiary/aromatic N) is 1. The van der Waals surface area contributed by atoms with Crippen LogP contribution in [0.15, 0.2) is 180 Å². The fourth-order valence-electron chi connectivity index (χ4n) is 8.65. The number of aromatic nitrogens is 2. The van der Waals surface area contributed by atoms with Gasteiger partial charge < -0.3 is 19.3 Å². The first-order chi connectivity index (χ1) is 28.0. The lowest BCUT2D eigenvalue weighted by Crippen LogP contribution is -2.42. The number of para-hydroxylation sites is 4. The Morgan fingerprint density at radius 3 is 1.37 bits per heavy atom. The van der Waals surface area contributed by atoms with Gasteiger partial charge in [-0.15, -0.1) is 23.5 Å². The highest BCUT2D eigenvalue weighted by Gasteiger charge is 2.57. The van der Waals surface area contributed by atoms with Crippen molar-refractivity contribution < 1.29 is 19.3 Å². The molecule has 3 aliphatic heterocycles. The molecule has 0 aliphatic carbocycles. The third kappa shape index (κ3) is 5.69. The van der Waals surface area contributed by atoms with Crippen molar-refractivity contribution in [1.29, 1.82) is 0 Å². The highest BCUT2D eigenvalue weighted by Crippen LogP contribution is 2.65. The normalized spacial score (nSPS) is 20.9. The molecule has 4 atom stereocenters. The van der Waals surface area contributed by atoms with Gasteiger partial charge in [0.25, 0.3) is 5.56 Å². The minimum Gasteiger partial charge on any atom is -0.457 e. The number of hydrogen-bond donors (Lipinski definition) is 2. The first-order valence-corrected chi connectivity index (χ1v) is 20.6. The second-order valence-electron chi connectivity index (χ2n) is 14.2. The Hall–Kier alpha value is -5.78. The largest absolute Gasteiger partial charge is 0.457 e. The number of ether oxygens (including phenoxy) is 3. The zero-order chi connectivity index (χ0) is 38.6. The molecule has 4 unspecified atom stereocenters. The van der Waals surface area contributed by atoms with Crippen LogP contribution in [0.1, 0.15) is 39.6 Å². The lowest BCUT2D eigenvalue weighted by atomic mass is 9.81. The van der Waals surface area contributed by atoms with Crippen LogP contribution < -0.4 is 20.7 Å². The Kier molecular flexibility index (Phi) is 8.94. The number of thioether (sulfide) groups is 2. The van der Waals surface area contributed by atoms with Crippen molar-refractivity contribution >= 4 is 23.5 Å². The van der Waals surface area contributed by atoms with E-state index < -0.39 is 43.6 Å². The van der Waals surface area contributed by atoms with Crippen molar-refractivity contribution in [3.8, 4) is 23.0 Å². The lowest BCUT2D eigenvalue weighted by molar-refractivity contribution is -0.0226. The predicted octanol–water partition coefficient (Wildman–Crippen LogP) is 8.83. The maximum Gasteiger partial charge on any atom is 0.330 e. The molecular weight excluding hydrogens is 753 g/mol. The summed E-state index contributed by atoms with van der Waals surface area (Å²) in [6.45, 7) is -0.317. The fraction of sp³-hybridized carbons (Fsp3) is 0.149. The second-order valence-corrected chi connectivity index (χ2v) is 17.0. The molecule has 57 heavy (non-hydrogen) atoms. The van der Waals surface area contributed by atoms with E-state index in [2.05, 4.69) is 53.5 Å². The number of aliphatic hydroxyl groups is 1. The maximum absolute atomic E-state index is 13.8. The molecule has 1 aromatic heterocycles. The number of nitrogens with one attached hydrogen (secondary N) is 1. The van der Waals surface area contributed by atoms with Crippen LogP contribution in [0.3, 0.4) is 0 Å². The van der Waals surface area contributed by atoms with Gasteiger partial charge >= 0.3 is 5.69 Å². The molecule has 3 aliphatic rings. The van der Waals surface area contributed by atoms with Gasteiger partial charge in [0.05, 0.1) is 32.7 Å². The third-order valence-corrected chi connectivity index (χ3v) is 15.0. The summed E-state index contributed by atoms with van der Waals surface area (Å²) in [5, 5.41) is 10.4. The third-order valence-electron chi connectivity index (χ3n) is 11.1. The summed E-state index contributed by atoms with van der Waals surface area (Å²) >= 11 is 3.39. The van der Waals surface area contributed by atoms with Crippen LogP contribution in [0.4, 0.5) is 0 Å². The van der Waals surface area contributed by atoms with Gasteiger partial charge in [0, 0.05) is 34.5 Å². The molecule has 6 aromatic carbocycles. The van der Waals surface area contributed by atoms with Crippen LogP contribution in [-0.2, 0) is 14.2 Å². The van der Waals surface area contributed by atoms with Crippen LogP contribution >= 0.6 is 23.5 Å². The fourth-order valence-corrected chi connectivity index (χ4v) is 12.7. The van der Waals surface area contributed by atoms with Gasteiger partial charge in [0.2, 0.25) is 0 Å². The summed E-state index contributed by atoms with van der Waals surface area (Å²) in [6, 6.07) is 54.4. The number of benzene rings is 6. The van der Waals surface area contributed by atoms with E-state index in [-0.39, 0.29) is 6.61 Å². The van der Waals surface area contributed by atoms with Gasteiger partial charge in [0.15, 0.2) is 6.23 Å². The van der Waals surface area contributed by atoms with E-state index in [1.165, 1.54) is 16.8 Å². The van der Waals surface area contributed by atoms with Crippen LogP contribution in [-0.4, -0.2) is 37.9 Å². The molecular formula is C47H36N2O6S2. The maximum atomic E-state index is 13.8. The first kappa shape index (κ1) is 35.6. The number of hydrogen-bond acceptors (Lipinski definition) is 8. The molecule has 1 fully saturated rings. The van der Waals surface area contributed by atoms with E-state index in [1.807, 2.05) is 109 Å². The summed E-state index contributed by atoms with van der Waals surface area (Å²) in [5.41, 5.74) is 4.76. The predicted molar refractivity (Wildman–Crippen MR) is 224 cm³/mol. The molecule has 10 rings (SSSR count). The van der Waals surface area contributed by atoms with Gasteiger partial charge in [-0.25, -0.2) is 4.79 Å². The molecule has 4 heterocycles. The SMILES string of the molecule is O=c1ccn(C2OC(CO)C(SC3(c4ccccc4)c4ccccc4Oc4ccccc43)C2SC2(c3ccccc3)c3ccccc3Oc3ccccc32)c(=O)[nH]1. The van der Waals surface area contributed by atoms with E-state index >= 15 is 0 Å². The monoisotopic (exact) mass is 788 g/mol. The second kappa shape index (κ2) is 14.3. The smallest absolute Gasteiger partial charge is 0.330 e. The van der Waals surface area contributed by atoms with Crippen molar-refractivity contribution in [3.63, 3.8) is 0 Å². The Labute approximate surface area is 337 Å². The Morgan fingerprint density at radius 1 is 0.544 bits per heavy atom. The first-order valence-electron chi connectivity index (χ1n) is 18.8. The Balaban J connectivity index is 1.25. The van der Waals surface area contributed by atoms with Crippen LogP contribution in [0.5, 0.6) is 23.0 Å². The Bertz CT molecular complexity index is 2630. The van der Waals surface area contributed by atoms with Gasteiger partial charge in [-0.2, -0.15) is 0 Å². The number of rotatable bonds is 8. The summed E-state index contributed by atoms with van der Waals surface area (Å²) in [5.74, 6) is 2.91. The highest BCUT2D eigenvalue weighted by molar-refractivity contribution is 8.05. The molecule has 0 amide bonds. The minimum absolute atomic E-state index is 0.317. The van der Waals surface area contributed by atoms with Gasteiger partial charge in [-0.3, -0.25) is 14.3 Å². The van der Waals surface area contributed by atoms with Crippen LogP contribution in [0.25, 0.3) is 0 Å². The molecule has 2 N–H and O–H groups in total.